The first kappa shape index (κ1) is 18.3. The zero-order valence-electron chi connectivity index (χ0n) is 11.8. The molecule has 0 aromatic carbocycles. The van der Waals surface area contributed by atoms with E-state index in [0.717, 1.165) is 25.9 Å². The maximum absolute atomic E-state index is 12.0. The van der Waals surface area contributed by atoms with Gasteiger partial charge in [-0.05, 0) is 38.1 Å². The molecule has 120 valence electrons. The number of carbonyl (C=O) groups excluding carboxylic acids is 1. The summed E-state index contributed by atoms with van der Waals surface area (Å²) in [5.74, 6) is -0.266. The highest BCUT2D eigenvalue weighted by atomic mass is 35.5. The standard InChI is InChI=1S/C13H16N6O.2ClH/c20-13(16-10-2-1-5-15-8-10)12-9-19(18-17-12)11-3-6-14-7-4-11;;/h1-2,5,8-9,11,14H,3-4,6-7H2,(H,16,20);2*1H. The van der Waals surface area contributed by atoms with Crippen molar-refractivity contribution in [1.82, 2.24) is 25.3 Å². The molecule has 0 bridgehead atoms. The Labute approximate surface area is 140 Å². The van der Waals surface area contributed by atoms with Crippen LogP contribution < -0.4 is 10.6 Å². The van der Waals surface area contributed by atoms with Gasteiger partial charge in [-0.15, -0.1) is 29.9 Å². The fraction of sp³-hybridized carbons (Fsp3) is 0.385. The molecule has 0 spiro atoms. The third kappa shape index (κ3) is 4.40. The Hall–Kier alpha value is -1.70. The average Bonchev–Trinajstić information content (AvgIpc) is 2.99. The van der Waals surface area contributed by atoms with E-state index in [-0.39, 0.29) is 30.7 Å². The van der Waals surface area contributed by atoms with Crippen LogP contribution in [0.5, 0.6) is 0 Å². The summed E-state index contributed by atoms with van der Waals surface area (Å²) in [6.07, 6.45) is 6.97. The molecule has 2 aromatic rings. The van der Waals surface area contributed by atoms with Gasteiger partial charge in [-0.3, -0.25) is 9.78 Å². The lowest BCUT2D eigenvalue weighted by Crippen LogP contribution is -2.29. The number of nitrogens with zero attached hydrogens (tertiary/aromatic N) is 4. The van der Waals surface area contributed by atoms with Crippen molar-refractivity contribution >= 4 is 36.4 Å². The lowest BCUT2D eigenvalue weighted by Gasteiger charge is -2.22. The molecule has 9 heteroatoms. The Morgan fingerprint density at radius 3 is 2.77 bits per heavy atom. The number of rotatable bonds is 3. The number of hydrogen-bond donors (Lipinski definition) is 2. The largest absolute Gasteiger partial charge is 0.319 e. The highest BCUT2D eigenvalue weighted by Crippen LogP contribution is 2.17. The fourth-order valence-corrected chi connectivity index (χ4v) is 2.26. The summed E-state index contributed by atoms with van der Waals surface area (Å²) in [7, 11) is 0. The predicted octanol–water partition coefficient (Wildman–Crippen LogP) is 1.69. The Balaban J connectivity index is 0.00000121. The van der Waals surface area contributed by atoms with E-state index in [2.05, 4.69) is 25.9 Å². The minimum absolute atomic E-state index is 0. The molecule has 1 amide bonds. The normalized spacial score (nSPS) is 14.5. The van der Waals surface area contributed by atoms with E-state index in [4.69, 9.17) is 0 Å². The van der Waals surface area contributed by atoms with Crippen LogP contribution in [0.2, 0.25) is 0 Å². The smallest absolute Gasteiger partial charge is 0.277 e. The number of piperidine rings is 1. The number of pyridine rings is 1. The predicted molar refractivity (Wildman–Crippen MR) is 87.8 cm³/mol. The van der Waals surface area contributed by atoms with Crippen molar-refractivity contribution < 1.29 is 4.79 Å². The van der Waals surface area contributed by atoms with Gasteiger partial charge in [0, 0.05) is 6.20 Å². The van der Waals surface area contributed by atoms with E-state index in [1.165, 1.54) is 0 Å². The number of hydrogen-bond acceptors (Lipinski definition) is 5. The Kier molecular flexibility index (Phi) is 7.23. The molecule has 1 fully saturated rings. The highest BCUT2D eigenvalue weighted by molar-refractivity contribution is 6.02. The summed E-state index contributed by atoms with van der Waals surface area (Å²) >= 11 is 0. The molecule has 3 heterocycles. The molecule has 22 heavy (non-hydrogen) atoms. The van der Waals surface area contributed by atoms with Crippen molar-refractivity contribution in [2.24, 2.45) is 0 Å². The van der Waals surface area contributed by atoms with Gasteiger partial charge in [0.05, 0.1) is 24.1 Å². The summed E-state index contributed by atoms with van der Waals surface area (Å²) in [4.78, 5) is 16.0. The summed E-state index contributed by atoms with van der Waals surface area (Å²) in [6.45, 7) is 1.95. The monoisotopic (exact) mass is 344 g/mol. The highest BCUT2D eigenvalue weighted by Gasteiger charge is 2.18. The second kappa shape index (κ2) is 8.67. The SMILES string of the molecule is Cl.Cl.O=C(Nc1cccnc1)c1cn(C2CCNCC2)nn1. The van der Waals surface area contributed by atoms with Crippen molar-refractivity contribution in [3.8, 4) is 0 Å². The molecular weight excluding hydrogens is 327 g/mol. The number of halogens is 2. The van der Waals surface area contributed by atoms with Gasteiger partial charge in [-0.2, -0.15) is 0 Å². The van der Waals surface area contributed by atoms with Crippen LogP contribution in [0.1, 0.15) is 29.4 Å². The van der Waals surface area contributed by atoms with Crippen LogP contribution in [-0.4, -0.2) is 39.0 Å². The lowest BCUT2D eigenvalue weighted by molar-refractivity contribution is 0.102. The van der Waals surface area contributed by atoms with Crippen molar-refractivity contribution in [2.75, 3.05) is 18.4 Å². The van der Waals surface area contributed by atoms with Gasteiger partial charge in [0.25, 0.3) is 5.91 Å². The van der Waals surface area contributed by atoms with Gasteiger partial charge in [-0.1, -0.05) is 5.21 Å². The van der Waals surface area contributed by atoms with Crippen molar-refractivity contribution in [1.29, 1.82) is 0 Å². The molecule has 0 saturated carbocycles. The van der Waals surface area contributed by atoms with Gasteiger partial charge in [-0.25, -0.2) is 4.68 Å². The second-order valence-electron chi connectivity index (χ2n) is 4.76. The van der Waals surface area contributed by atoms with Gasteiger partial charge in [0.1, 0.15) is 0 Å². The molecule has 0 aliphatic carbocycles. The Morgan fingerprint density at radius 1 is 1.32 bits per heavy atom. The molecule has 2 N–H and O–H groups in total. The zero-order chi connectivity index (χ0) is 13.8. The summed E-state index contributed by atoms with van der Waals surface area (Å²) in [5, 5.41) is 14.1. The van der Waals surface area contributed by atoms with Crippen molar-refractivity contribution in [3.05, 3.63) is 36.4 Å². The van der Waals surface area contributed by atoms with Crippen molar-refractivity contribution in [3.63, 3.8) is 0 Å². The van der Waals surface area contributed by atoms with Crippen molar-refractivity contribution in [2.45, 2.75) is 18.9 Å². The molecule has 3 rings (SSSR count). The van der Waals surface area contributed by atoms with Crippen LogP contribution in [-0.2, 0) is 0 Å². The zero-order valence-corrected chi connectivity index (χ0v) is 13.4. The molecule has 1 saturated heterocycles. The van der Waals surface area contributed by atoms with E-state index in [9.17, 15) is 4.79 Å². The Bertz CT molecular complexity index is 585. The number of nitrogens with one attached hydrogen (secondary N) is 2. The summed E-state index contributed by atoms with van der Waals surface area (Å²) in [5.41, 5.74) is 0.973. The third-order valence-corrected chi connectivity index (χ3v) is 3.35. The first-order valence-electron chi connectivity index (χ1n) is 6.67. The van der Waals surface area contributed by atoms with E-state index in [1.807, 2.05) is 0 Å². The summed E-state index contributed by atoms with van der Waals surface area (Å²) < 4.78 is 1.79. The van der Waals surface area contributed by atoms with Crippen LogP contribution in [0.3, 0.4) is 0 Å². The maximum Gasteiger partial charge on any atom is 0.277 e. The van der Waals surface area contributed by atoms with E-state index < -0.39 is 0 Å². The number of aromatic nitrogens is 4. The quantitative estimate of drug-likeness (QED) is 0.884. The summed E-state index contributed by atoms with van der Waals surface area (Å²) in [6, 6.07) is 3.87. The maximum atomic E-state index is 12.0. The molecule has 7 nitrogen and oxygen atoms in total. The fourth-order valence-electron chi connectivity index (χ4n) is 2.26. The average molecular weight is 345 g/mol. The van der Waals surface area contributed by atoms with Crippen LogP contribution in [0.4, 0.5) is 5.69 Å². The van der Waals surface area contributed by atoms with Gasteiger partial charge in [0.15, 0.2) is 5.69 Å². The van der Waals surface area contributed by atoms with Crippen LogP contribution in [0.25, 0.3) is 0 Å². The Morgan fingerprint density at radius 2 is 2.09 bits per heavy atom. The van der Waals surface area contributed by atoms with Crippen LogP contribution >= 0.6 is 24.8 Å². The van der Waals surface area contributed by atoms with E-state index in [0.29, 0.717) is 17.4 Å². The molecule has 0 atom stereocenters. The van der Waals surface area contributed by atoms with Crippen LogP contribution in [0.15, 0.2) is 30.7 Å². The van der Waals surface area contributed by atoms with E-state index >= 15 is 0 Å². The first-order chi connectivity index (χ1) is 9.83. The van der Waals surface area contributed by atoms with Gasteiger partial charge >= 0.3 is 0 Å². The second-order valence-corrected chi connectivity index (χ2v) is 4.76. The third-order valence-electron chi connectivity index (χ3n) is 3.35. The minimum atomic E-state index is -0.266. The molecule has 1 aliphatic rings. The number of amides is 1. The molecule has 2 aromatic heterocycles. The topological polar surface area (TPSA) is 84.7 Å². The van der Waals surface area contributed by atoms with Gasteiger partial charge in [0.2, 0.25) is 0 Å². The number of anilines is 1. The molecular formula is C13H18Cl2N6O. The van der Waals surface area contributed by atoms with Gasteiger partial charge < -0.3 is 10.6 Å². The molecule has 0 radical (unpaired) electrons. The lowest BCUT2D eigenvalue weighted by atomic mass is 10.1. The van der Waals surface area contributed by atoms with E-state index in [1.54, 1.807) is 35.4 Å². The first-order valence-corrected chi connectivity index (χ1v) is 6.67. The minimum Gasteiger partial charge on any atom is -0.319 e. The molecule has 1 aliphatic heterocycles. The van der Waals surface area contributed by atoms with Crippen LogP contribution in [0, 0.1) is 0 Å². The number of carbonyl (C=O) groups is 1. The molecule has 0 unspecified atom stereocenters.